The molecule has 0 aromatic heterocycles. The predicted octanol–water partition coefficient (Wildman–Crippen LogP) is 3.95. The maximum atomic E-state index is 12.7. The number of benzene rings is 2. The van der Waals surface area contributed by atoms with Crippen LogP contribution in [-0.2, 0) is 11.2 Å². The van der Waals surface area contributed by atoms with Crippen LogP contribution in [0.1, 0.15) is 40.7 Å². The minimum Gasteiger partial charge on any atom is -0.322 e. The molecule has 1 atom stereocenters. The van der Waals surface area contributed by atoms with Crippen molar-refractivity contribution in [2.45, 2.75) is 32.6 Å². The van der Waals surface area contributed by atoms with E-state index in [-0.39, 0.29) is 24.2 Å². The average molecular weight is 414 g/mol. The monoisotopic (exact) mass is 413 g/mol. The van der Waals surface area contributed by atoms with E-state index in [9.17, 15) is 9.59 Å². The first-order valence-electron chi connectivity index (χ1n) is 10.1. The molecule has 0 saturated carbocycles. The molecule has 5 nitrogen and oxygen atoms in total. The van der Waals surface area contributed by atoms with Crippen LogP contribution in [0.3, 0.4) is 0 Å². The van der Waals surface area contributed by atoms with Crippen molar-refractivity contribution >= 4 is 35.6 Å². The number of halogens is 1. The van der Waals surface area contributed by atoms with Gasteiger partial charge in [0.2, 0.25) is 5.91 Å². The Kier molecular flexibility index (Phi) is 6.93. The molecule has 0 spiro atoms. The molecular formula is C23H28ClN3O2. The first kappa shape index (κ1) is 21.3. The van der Waals surface area contributed by atoms with Crippen LogP contribution in [0, 0.1) is 12.8 Å². The molecule has 0 bridgehead atoms. The van der Waals surface area contributed by atoms with Gasteiger partial charge in [0.05, 0.1) is 0 Å². The van der Waals surface area contributed by atoms with Crippen molar-refractivity contribution in [1.29, 1.82) is 0 Å². The van der Waals surface area contributed by atoms with Gasteiger partial charge in [-0.25, -0.2) is 0 Å². The van der Waals surface area contributed by atoms with Crippen molar-refractivity contribution < 1.29 is 9.59 Å². The molecule has 2 aliphatic heterocycles. The van der Waals surface area contributed by atoms with Crippen molar-refractivity contribution in [2.75, 3.05) is 29.9 Å². The SMILES string of the molecule is Cc1cc(NC(=O)c2cccc(CC3CCNC3)c2)ccc1N1CCCC1=O.Cl. The third-order valence-corrected chi connectivity index (χ3v) is 5.69. The summed E-state index contributed by atoms with van der Waals surface area (Å²) in [6, 6.07) is 13.7. The fourth-order valence-corrected chi connectivity index (χ4v) is 4.20. The highest BCUT2D eigenvalue weighted by Gasteiger charge is 2.23. The molecule has 4 rings (SSSR count). The lowest BCUT2D eigenvalue weighted by atomic mass is 9.97. The number of nitrogens with zero attached hydrogens (tertiary/aromatic N) is 1. The van der Waals surface area contributed by atoms with Crippen LogP contribution in [0.4, 0.5) is 11.4 Å². The second-order valence-electron chi connectivity index (χ2n) is 7.87. The summed E-state index contributed by atoms with van der Waals surface area (Å²) in [5, 5.41) is 6.39. The van der Waals surface area contributed by atoms with E-state index in [4.69, 9.17) is 0 Å². The largest absolute Gasteiger partial charge is 0.322 e. The lowest BCUT2D eigenvalue weighted by Crippen LogP contribution is -2.24. The van der Waals surface area contributed by atoms with E-state index in [1.807, 2.05) is 48.2 Å². The molecule has 0 radical (unpaired) electrons. The molecule has 6 heteroatoms. The van der Waals surface area contributed by atoms with Crippen LogP contribution < -0.4 is 15.5 Å². The van der Waals surface area contributed by atoms with Crippen LogP contribution in [0.2, 0.25) is 0 Å². The zero-order chi connectivity index (χ0) is 19.5. The summed E-state index contributed by atoms with van der Waals surface area (Å²) < 4.78 is 0. The zero-order valence-corrected chi connectivity index (χ0v) is 17.6. The van der Waals surface area contributed by atoms with Crippen molar-refractivity contribution in [1.82, 2.24) is 5.32 Å². The van der Waals surface area contributed by atoms with E-state index in [1.165, 1.54) is 12.0 Å². The molecule has 2 aromatic carbocycles. The molecule has 1 unspecified atom stereocenters. The minimum absolute atomic E-state index is 0. The fraction of sp³-hybridized carbons (Fsp3) is 0.391. The van der Waals surface area contributed by atoms with Crippen LogP contribution in [0.5, 0.6) is 0 Å². The smallest absolute Gasteiger partial charge is 0.255 e. The number of hydrogen-bond acceptors (Lipinski definition) is 3. The first-order chi connectivity index (χ1) is 13.6. The van der Waals surface area contributed by atoms with E-state index >= 15 is 0 Å². The van der Waals surface area contributed by atoms with Gasteiger partial charge in [-0.3, -0.25) is 9.59 Å². The Balaban J connectivity index is 0.00000240. The molecule has 2 aliphatic rings. The highest BCUT2D eigenvalue weighted by atomic mass is 35.5. The van der Waals surface area contributed by atoms with Gasteiger partial charge in [0.25, 0.3) is 5.91 Å². The first-order valence-corrected chi connectivity index (χ1v) is 10.1. The Morgan fingerprint density at radius 2 is 2.10 bits per heavy atom. The van der Waals surface area contributed by atoms with Crippen molar-refractivity contribution in [3.8, 4) is 0 Å². The normalized spacial score (nSPS) is 18.6. The van der Waals surface area contributed by atoms with Crippen molar-refractivity contribution in [3.05, 3.63) is 59.2 Å². The Morgan fingerprint density at radius 3 is 2.79 bits per heavy atom. The summed E-state index contributed by atoms with van der Waals surface area (Å²) in [7, 11) is 0. The highest BCUT2D eigenvalue weighted by Crippen LogP contribution is 2.27. The maximum Gasteiger partial charge on any atom is 0.255 e. The van der Waals surface area contributed by atoms with Crippen LogP contribution >= 0.6 is 12.4 Å². The van der Waals surface area contributed by atoms with Gasteiger partial charge < -0.3 is 15.5 Å². The van der Waals surface area contributed by atoms with E-state index < -0.39 is 0 Å². The topological polar surface area (TPSA) is 61.4 Å². The van der Waals surface area contributed by atoms with E-state index in [0.29, 0.717) is 17.9 Å². The zero-order valence-electron chi connectivity index (χ0n) is 16.7. The number of aryl methyl sites for hydroxylation is 1. The number of hydrogen-bond donors (Lipinski definition) is 2. The highest BCUT2D eigenvalue weighted by molar-refractivity contribution is 6.04. The number of amides is 2. The molecule has 2 fully saturated rings. The van der Waals surface area contributed by atoms with Crippen molar-refractivity contribution in [2.24, 2.45) is 5.92 Å². The second kappa shape index (κ2) is 9.42. The molecule has 2 aromatic rings. The summed E-state index contributed by atoms with van der Waals surface area (Å²) in [6.07, 6.45) is 3.72. The summed E-state index contributed by atoms with van der Waals surface area (Å²) in [5.74, 6) is 0.728. The predicted molar refractivity (Wildman–Crippen MR) is 119 cm³/mol. The van der Waals surface area contributed by atoms with E-state index in [1.54, 1.807) is 0 Å². The van der Waals surface area contributed by atoms with Crippen LogP contribution in [-0.4, -0.2) is 31.4 Å². The van der Waals surface area contributed by atoms with E-state index in [2.05, 4.69) is 16.7 Å². The summed E-state index contributed by atoms with van der Waals surface area (Å²) in [6.45, 7) is 4.90. The molecule has 154 valence electrons. The number of carbonyl (C=O) groups excluding carboxylic acids is 2. The second-order valence-corrected chi connectivity index (χ2v) is 7.87. The molecule has 29 heavy (non-hydrogen) atoms. The molecule has 0 aliphatic carbocycles. The third-order valence-electron chi connectivity index (χ3n) is 5.69. The van der Waals surface area contributed by atoms with Gasteiger partial charge in [-0.2, -0.15) is 0 Å². The van der Waals surface area contributed by atoms with Gasteiger partial charge in [0.15, 0.2) is 0 Å². The molecular weight excluding hydrogens is 386 g/mol. The number of rotatable bonds is 5. The van der Waals surface area contributed by atoms with Gasteiger partial charge in [0.1, 0.15) is 0 Å². The van der Waals surface area contributed by atoms with E-state index in [0.717, 1.165) is 49.4 Å². The Hall–Kier alpha value is -2.37. The lowest BCUT2D eigenvalue weighted by Gasteiger charge is -2.19. The standard InChI is InChI=1S/C23H27N3O2.ClH/c1-16-12-20(7-8-21(16)26-11-3-6-22(26)27)25-23(28)19-5-2-4-17(14-19)13-18-9-10-24-15-18;/h2,4-5,7-8,12,14,18,24H,3,6,9-11,13,15H2,1H3,(H,25,28);1H. The summed E-state index contributed by atoms with van der Waals surface area (Å²) in [5.41, 5.74) is 4.58. The summed E-state index contributed by atoms with van der Waals surface area (Å²) in [4.78, 5) is 26.5. The van der Waals surface area contributed by atoms with Gasteiger partial charge in [0, 0.05) is 29.9 Å². The fourth-order valence-electron chi connectivity index (χ4n) is 4.20. The molecule has 2 N–H and O–H groups in total. The van der Waals surface area contributed by atoms with Gasteiger partial charge in [-0.05, 0) is 86.7 Å². The minimum atomic E-state index is -0.101. The maximum absolute atomic E-state index is 12.7. The van der Waals surface area contributed by atoms with Crippen LogP contribution in [0.15, 0.2) is 42.5 Å². The molecule has 2 saturated heterocycles. The number of nitrogens with one attached hydrogen (secondary N) is 2. The summed E-state index contributed by atoms with van der Waals surface area (Å²) >= 11 is 0. The number of anilines is 2. The van der Waals surface area contributed by atoms with Gasteiger partial charge in [-0.15, -0.1) is 12.4 Å². The third kappa shape index (κ3) is 4.98. The van der Waals surface area contributed by atoms with Gasteiger partial charge in [-0.1, -0.05) is 12.1 Å². The molecule has 2 heterocycles. The Morgan fingerprint density at radius 1 is 1.24 bits per heavy atom. The van der Waals surface area contributed by atoms with Crippen LogP contribution in [0.25, 0.3) is 0 Å². The van der Waals surface area contributed by atoms with Crippen molar-refractivity contribution in [3.63, 3.8) is 0 Å². The number of carbonyl (C=O) groups is 2. The van der Waals surface area contributed by atoms with Gasteiger partial charge >= 0.3 is 0 Å². The Bertz CT molecular complexity index is 893. The Labute approximate surface area is 178 Å². The lowest BCUT2D eigenvalue weighted by molar-refractivity contribution is -0.117. The molecule has 2 amide bonds. The quantitative estimate of drug-likeness (QED) is 0.780. The average Bonchev–Trinajstić information content (AvgIpc) is 3.34.